The van der Waals surface area contributed by atoms with Gasteiger partial charge in [0.2, 0.25) is 0 Å². The molecule has 132 valence electrons. The summed E-state index contributed by atoms with van der Waals surface area (Å²) in [5, 5.41) is 7.01. The van der Waals surface area contributed by atoms with Crippen LogP contribution in [0.5, 0.6) is 5.75 Å². The van der Waals surface area contributed by atoms with E-state index in [0.29, 0.717) is 18.0 Å². The Morgan fingerprint density at radius 3 is 2.50 bits per heavy atom. The maximum atomic E-state index is 12.7. The lowest BCUT2D eigenvalue weighted by molar-refractivity contribution is 0.100. The maximum Gasteiger partial charge on any atom is 0.280 e. The fourth-order valence-electron chi connectivity index (χ4n) is 2.48. The van der Waals surface area contributed by atoms with Gasteiger partial charge in [0.1, 0.15) is 0 Å². The number of para-hydroxylation sites is 2. The van der Waals surface area contributed by atoms with Gasteiger partial charge in [-0.25, -0.2) is 4.68 Å². The normalized spacial score (nSPS) is 10.3. The molecule has 1 heterocycles. The Morgan fingerprint density at radius 1 is 1.12 bits per heavy atom. The summed E-state index contributed by atoms with van der Waals surface area (Å²) < 4.78 is 7.11. The zero-order valence-corrected chi connectivity index (χ0v) is 14.2. The van der Waals surface area contributed by atoms with Crippen molar-refractivity contribution >= 4 is 17.5 Å². The number of amides is 2. The smallest absolute Gasteiger partial charge is 0.280 e. The van der Waals surface area contributed by atoms with E-state index in [9.17, 15) is 9.59 Å². The molecule has 3 aromatic rings. The average molecular weight is 350 g/mol. The number of rotatable bonds is 6. The van der Waals surface area contributed by atoms with Gasteiger partial charge in [-0.15, -0.1) is 0 Å². The van der Waals surface area contributed by atoms with Crippen molar-refractivity contribution in [1.82, 2.24) is 9.78 Å². The Bertz CT molecular complexity index is 935. The molecule has 2 amide bonds. The van der Waals surface area contributed by atoms with Gasteiger partial charge in [-0.2, -0.15) is 5.10 Å². The molecule has 0 atom stereocenters. The highest BCUT2D eigenvalue weighted by Gasteiger charge is 2.20. The Hall–Kier alpha value is -3.61. The van der Waals surface area contributed by atoms with Crippen LogP contribution in [-0.2, 0) is 0 Å². The topological polar surface area (TPSA) is 99.2 Å². The zero-order chi connectivity index (χ0) is 18.5. The lowest BCUT2D eigenvalue weighted by Crippen LogP contribution is -2.19. The molecule has 7 nitrogen and oxygen atoms in total. The molecule has 0 radical (unpaired) electrons. The summed E-state index contributed by atoms with van der Waals surface area (Å²) in [5.41, 5.74) is 6.81. The number of hydrogen-bond donors (Lipinski definition) is 2. The predicted octanol–water partition coefficient (Wildman–Crippen LogP) is 2.62. The monoisotopic (exact) mass is 350 g/mol. The molecule has 3 rings (SSSR count). The van der Waals surface area contributed by atoms with Crippen LogP contribution in [0, 0.1) is 0 Å². The van der Waals surface area contributed by atoms with Gasteiger partial charge >= 0.3 is 0 Å². The van der Waals surface area contributed by atoms with Crippen LogP contribution in [0.3, 0.4) is 0 Å². The van der Waals surface area contributed by atoms with Gasteiger partial charge in [-0.05, 0) is 31.2 Å². The number of aromatic nitrogens is 2. The summed E-state index contributed by atoms with van der Waals surface area (Å²) in [6.45, 7) is 2.21. The van der Waals surface area contributed by atoms with E-state index < -0.39 is 11.8 Å². The first-order valence-corrected chi connectivity index (χ1v) is 8.08. The van der Waals surface area contributed by atoms with Gasteiger partial charge in [-0.1, -0.05) is 30.3 Å². The molecule has 0 spiro atoms. The minimum atomic E-state index is -0.624. The molecule has 3 N–H and O–H groups in total. The number of ether oxygens (including phenoxy) is 1. The van der Waals surface area contributed by atoms with Crippen LogP contribution in [0.15, 0.2) is 60.8 Å². The molecule has 1 aromatic heterocycles. The van der Waals surface area contributed by atoms with Gasteiger partial charge in [0, 0.05) is 0 Å². The summed E-state index contributed by atoms with van der Waals surface area (Å²) in [5.74, 6) is -0.761. The van der Waals surface area contributed by atoms with E-state index in [1.54, 1.807) is 35.1 Å². The van der Waals surface area contributed by atoms with E-state index >= 15 is 0 Å². The van der Waals surface area contributed by atoms with Crippen LogP contribution in [-0.4, -0.2) is 28.2 Å². The largest absolute Gasteiger partial charge is 0.490 e. The lowest BCUT2D eigenvalue weighted by atomic mass is 10.1. The second kappa shape index (κ2) is 7.52. The van der Waals surface area contributed by atoms with Gasteiger partial charge in [0.05, 0.1) is 29.7 Å². The molecule has 0 saturated heterocycles. The summed E-state index contributed by atoms with van der Waals surface area (Å²) in [4.78, 5) is 24.2. The molecule has 2 aromatic carbocycles. The molecule has 0 aliphatic heterocycles. The van der Waals surface area contributed by atoms with Crippen molar-refractivity contribution in [2.24, 2.45) is 5.73 Å². The highest BCUT2D eigenvalue weighted by Crippen LogP contribution is 2.22. The van der Waals surface area contributed by atoms with Crippen LogP contribution in [0.4, 0.5) is 5.69 Å². The number of hydrogen-bond acceptors (Lipinski definition) is 4. The molecule has 0 saturated carbocycles. The van der Waals surface area contributed by atoms with E-state index in [2.05, 4.69) is 10.4 Å². The van der Waals surface area contributed by atoms with Crippen LogP contribution >= 0.6 is 0 Å². The molecule has 7 heteroatoms. The lowest BCUT2D eigenvalue weighted by Gasteiger charge is -2.08. The molecule has 0 fully saturated rings. The standard InChI is InChI=1S/C19H18N4O3/c1-2-26-16-12-23(13-8-4-3-5-9-13)22-17(16)19(25)21-15-11-7-6-10-14(15)18(20)24/h3-12H,2H2,1H3,(H2,20,24)(H,21,25). The van der Waals surface area contributed by atoms with Crippen molar-refractivity contribution in [2.75, 3.05) is 11.9 Å². The minimum absolute atomic E-state index is 0.120. The fourth-order valence-corrected chi connectivity index (χ4v) is 2.48. The van der Waals surface area contributed by atoms with E-state index in [-0.39, 0.29) is 11.3 Å². The number of carbonyl (C=O) groups excluding carboxylic acids is 2. The number of anilines is 1. The number of benzene rings is 2. The Kier molecular flexibility index (Phi) is 4.98. The molecule has 26 heavy (non-hydrogen) atoms. The zero-order valence-electron chi connectivity index (χ0n) is 14.2. The van der Waals surface area contributed by atoms with Crippen LogP contribution in [0.25, 0.3) is 5.69 Å². The van der Waals surface area contributed by atoms with Crippen LogP contribution in [0.2, 0.25) is 0 Å². The van der Waals surface area contributed by atoms with Crippen LogP contribution < -0.4 is 15.8 Å². The van der Waals surface area contributed by atoms with E-state index in [1.165, 1.54) is 0 Å². The predicted molar refractivity (Wildman–Crippen MR) is 97.6 cm³/mol. The Labute approximate surface area is 150 Å². The minimum Gasteiger partial charge on any atom is -0.490 e. The average Bonchev–Trinajstić information content (AvgIpc) is 3.07. The third-order valence-corrected chi connectivity index (χ3v) is 3.66. The van der Waals surface area contributed by atoms with E-state index in [4.69, 9.17) is 10.5 Å². The SMILES string of the molecule is CCOc1cn(-c2ccccc2)nc1C(=O)Nc1ccccc1C(N)=O. The van der Waals surface area contributed by atoms with Gasteiger partial charge in [0.25, 0.3) is 11.8 Å². The number of primary amides is 1. The van der Waals surface area contributed by atoms with E-state index in [1.807, 2.05) is 37.3 Å². The third-order valence-electron chi connectivity index (χ3n) is 3.66. The third kappa shape index (κ3) is 3.56. The van der Waals surface area contributed by atoms with Crippen molar-refractivity contribution in [3.05, 3.63) is 72.1 Å². The molecule has 0 aliphatic rings. The first-order chi connectivity index (χ1) is 12.6. The molecular formula is C19H18N4O3. The van der Waals surface area contributed by atoms with Crippen molar-refractivity contribution < 1.29 is 14.3 Å². The second-order valence-electron chi connectivity index (χ2n) is 5.42. The number of nitrogens with zero attached hydrogens (tertiary/aromatic N) is 2. The highest BCUT2D eigenvalue weighted by atomic mass is 16.5. The molecule has 0 unspecified atom stereocenters. The van der Waals surface area contributed by atoms with Gasteiger partial charge < -0.3 is 15.8 Å². The van der Waals surface area contributed by atoms with Crippen molar-refractivity contribution in [3.63, 3.8) is 0 Å². The summed E-state index contributed by atoms with van der Waals surface area (Å²) in [6.07, 6.45) is 1.65. The summed E-state index contributed by atoms with van der Waals surface area (Å²) in [6, 6.07) is 15.9. The molecule has 0 bridgehead atoms. The first-order valence-electron chi connectivity index (χ1n) is 8.08. The Morgan fingerprint density at radius 2 is 1.81 bits per heavy atom. The molecular weight excluding hydrogens is 332 g/mol. The van der Waals surface area contributed by atoms with Crippen LogP contribution in [0.1, 0.15) is 27.8 Å². The number of carbonyl (C=O) groups is 2. The van der Waals surface area contributed by atoms with Crippen molar-refractivity contribution in [3.8, 4) is 11.4 Å². The number of nitrogens with two attached hydrogens (primary N) is 1. The number of nitrogens with one attached hydrogen (secondary N) is 1. The van der Waals surface area contributed by atoms with Crippen molar-refractivity contribution in [2.45, 2.75) is 6.92 Å². The van der Waals surface area contributed by atoms with Crippen molar-refractivity contribution in [1.29, 1.82) is 0 Å². The quantitative estimate of drug-likeness (QED) is 0.714. The summed E-state index contributed by atoms with van der Waals surface area (Å²) >= 11 is 0. The Balaban J connectivity index is 1.94. The van der Waals surface area contributed by atoms with Gasteiger partial charge in [0.15, 0.2) is 11.4 Å². The second-order valence-corrected chi connectivity index (χ2v) is 5.42. The summed E-state index contributed by atoms with van der Waals surface area (Å²) in [7, 11) is 0. The maximum absolute atomic E-state index is 12.7. The molecule has 0 aliphatic carbocycles. The fraction of sp³-hybridized carbons (Fsp3) is 0.105. The first kappa shape index (κ1) is 17.2. The highest BCUT2D eigenvalue weighted by molar-refractivity contribution is 6.08. The van der Waals surface area contributed by atoms with E-state index in [0.717, 1.165) is 5.69 Å². The van der Waals surface area contributed by atoms with Gasteiger partial charge in [-0.3, -0.25) is 9.59 Å².